The molecule has 0 radical (unpaired) electrons. The monoisotopic (exact) mass is 382 g/mol. The van der Waals surface area contributed by atoms with Gasteiger partial charge in [0.05, 0.1) is 4.90 Å². The zero-order chi connectivity index (χ0) is 13.8. The minimum absolute atomic E-state index is 0.214. The number of sulfonamides is 1. The molecule has 0 aliphatic carbocycles. The Morgan fingerprint density at radius 3 is 2.28 bits per heavy atom. The molecule has 0 fully saturated rings. The molecule has 4 nitrogen and oxygen atoms in total. The molecule has 0 aliphatic rings. The van der Waals surface area contributed by atoms with Gasteiger partial charge >= 0.3 is 0 Å². The third-order valence-electron chi connectivity index (χ3n) is 2.49. The van der Waals surface area contributed by atoms with Crippen LogP contribution in [0.5, 0.6) is 0 Å². The van der Waals surface area contributed by atoms with E-state index in [1.807, 2.05) is 13.8 Å². The van der Waals surface area contributed by atoms with Crippen molar-refractivity contribution in [2.75, 3.05) is 6.54 Å². The summed E-state index contributed by atoms with van der Waals surface area (Å²) in [6.07, 6.45) is 0.736. The van der Waals surface area contributed by atoms with Gasteiger partial charge in [-0.3, -0.25) is 0 Å². The van der Waals surface area contributed by atoms with E-state index in [0.717, 1.165) is 9.99 Å². The van der Waals surface area contributed by atoms with Gasteiger partial charge in [-0.1, -0.05) is 13.8 Å². The zero-order valence-corrected chi connectivity index (χ0v) is 13.5. The van der Waals surface area contributed by atoms with E-state index < -0.39 is 10.0 Å². The third-order valence-corrected chi connectivity index (χ3v) is 4.74. The lowest BCUT2D eigenvalue weighted by atomic mass is 10.1. The summed E-state index contributed by atoms with van der Waals surface area (Å²) in [5.74, 6) is 0.401. The predicted molar refractivity (Wildman–Crippen MR) is 81.8 cm³/mol. The molecule has 6 heteroatoms. The Kier molecular flexibility index (Phi) is 6.03. The van der Waals surface area contributed by atoms with Crippen LogP contribution in [0.1, 0.15) is 20.3 Å². The van der Waals surface area contributed by atoms with Crippen molar-refractivity contribution in [3.05, 3.63) is 27.8 Å². The minimum atomic E-state index is -3.47. The number of hydrogen-bond acceptors (Lipinski definition) is 3. The second kappa shape index (κ2) is 6.83. The van der Waals surface area contributed by atoms with E-state index in [1.54, 1.807) is 24.3 Å². The Morgan fingerprint density at radius 2 is 1.83 bits per heavy atom. The second-order valence-electron chi connectivity index (χ2n) is 4.64. The van der Waals surface area contributed by atoms with Gasteiger partial charge in [-0.05, 0) is 59.2 Å². The lowest BCUT2D eigenvalue weighted by Crippen LogP contribution is -2.40. The van der Waals surface area contributed by atoms with E-state index in [1.165, 1.54) is 0 Å². The number of halogens is 1. The Morgan fingerprint density at radius 1 is 1.28 bits per heavy atom. The van der Waals surface area contributed by atoms with Crippen molar-refractivity contribution < 1.29 is 8.42 Å². The first-order chi connectivity index (χ1) is 8.35. The Bertz CT molecular complexity index is 471. The maximum atomic E-state index is 12.1. The summed E-state index contributed by atoms with van der Waals surface area (Å²) >= 11 is 2.14. The van der Waals surface area contributed by atoms with E-state index >= 15 is 0 Å². The Balaban J connectivity index is 2.83. The minimum Gasteiger partial charge on any atom is -0.329 e. The molecule has 102 valence electrons. The molecule has 0 spiro atoms. The van der Waals surface area contributed by atoms with Crippen LogP contribution in [-0.2, 0) is 10.0 Å². The van der Waals surface area contributed by atoms with Crippen molar-refractivity contribution in [2.24, 2.45) is 11.7 Å². The summed E-state index contributed by atoms with van der Waals surface area (Å²) in [7, 11) is -3.47. The van der Waals surface area contributed by atoms with Crippen molar-refractivity contribution in [3.63, 3.8) is 0 Å². The molecule has 1 aromatic carbocycles. The summed E-state index contributed by atoms with van der Waals surface area (Å²) in [6.45, 7) is 4.39. The highest BCUT2D eigenvalue weighted by molar-refractivity contribution is 14.1. The summed E-state index contributed by atoms with van der Waals surface area (Å²) in [6, 6.07) is 6.54. The van der Waals surface area contributed by atoms with Gasteiger partial charge in [0.15, 0.2) is 0 Å². The molecule has 1 atom stereocenters. The first-order valence-corrected chi connectivity index (χ1v) is 8.39. The molecule has 1 rings (SSSR count). The topological polar surface area (TPSA) is 72.2 Å². The first-order valence-electron chi connectivity index (χ1n) is 5.83. The summed E-state index contributed by atoms with van der Waals surface area (Å²) in [4.78, 5) is 0.283. The number of nitrogens with one attached hydrogen (secondary N) is 1. The predicted octanol–water partition coefficient (Wildman–Crippen LogP) is 1.94. The Hall–Kier alpha value is -0.180. The summed E-state index contributed by atoms with van der Waals surface area (Å²) in [5.41, 5.74) is 5.60. The van der Waals surface area contributed by atoms with Crippen LogP contribution < -0.4 is 10.5 Å². The van der Waals surface area contributed by atoms with Crippen LogP contribution in [0, 0.1) is 9.49 Å². The largest absolute Gasteiger partial charge is 0.329 e. The van der Waals surface area contributed by atoms with Crippen LogP contribution in [0.15, 0.2) is 29.2 Å². The van der Waals surface area contributed by atoms with Crippen molar-refractivity contribution in [3.8, 4) is 0 Å². The molecule has 18 heavy (non-hydrogen) atoms. The number of rotatable bonds is 6. The van der Waals surface area contributed by atoms with E-state index in [4.69, 9.17) is 5.73 Å². The quantitative estimate of drug-likeness (QED) is 0.739. The molecule has 0 saturated carbocycles. The SMILES string of the molecule is CC(C)C[C@H](CN)NS(=O)(=O)c1ccc(I)cc1. The molecule has 1 aromatic rings. The maximum absolute atomic E-state index is 12.1. The van der Waals surface area contributed by atoms with Crippen LogP contribution >= 0.6 is 22.6 Å². The molecule has 0 unspecified atom stereocenters. The van der Waals surface area contributed by atoms with Gasteiger partial charge in [0.25, 0.3) is 0 Å². The van der Waals surface area contributed by atoms with Crippen LogP contribution in [0.25, 0.3) is 0 Å². The van der Waals surface area contributed by atoms with Crippen molar-refractivity contribution >= 4 is 32.6 Å². The fourth-order valence-corrected chi connectivity index (χ4v) is 3.28. The summed E-state index contributed by atoms with van der Waals surface area (Å²) < 4.78 is 27.9. The Labute approximate surface area is 123 Å². The van der Waals surface area contributed by atoms with E-state index in [0.29, 0.717) is 12.5 Å². The average molecular weight is 382 g/mol. The summed E-state index contributed by atoms with van der Waals surface area (Å²) in [5, 5.41) is 0. The molecular formula is C12H19IN2O2S. The zero-order valence-electron chi connectivity index (χ0n) is 10.6. The van der Waals surface area contributed by atoms with Crippen molar-refractivity contribution in [1.82, 2.24) is 4.72 Å². The second-order valence-corrected chi connectivity index (χ2v) is 7.60. The normalized spacial score (nSPS) is 13.8. The standard InChI is InChI=1S/C12H19IN2O2S/c1-9(2)7-11(8-14)15-18(16,17)12-5-3-10(13)4-6-12/h3-6,9,11,15H,7-8,14H2,1-2H3/t11-/m1/s1. The highest BCUT2D eigenvalue weighted by Gasteiger charge is 2.19. The van der Waals surface area contributed by atoms with E-state index in [9.17, 15) is 8.42 Å². The number of hydrogen-bond donors (Lipinski definition) is 2. The smallest absolute Gasteiger partial charge is 0.240 e. The van der Waals surface area contributed by atoms with Crippen LogP contribution in [0.4, 0.5) is 0 Å². The highest BCUT2D eigenvalue weighted by atomic mass is 127. The van der Waals surface area contributed by atoms with E-state index in [2.05, 4.69) is 27.3 Å². The molecular weight excluding hydrogens is 363 g/mol. The molecule has 0 heterocycles. The molecule has 0 amide bonds. The lowest BCUT2D eigenvalue weighted by molar-refractivity contribution is 0.465. The van der Waals surface area contributed by atoms with Gasteiger partial charge in [0, 0.05) is 16.2 Å². The number of nitrogens with two attached hydrogens (primary N) is 1. The first kappa shape index (κ1) is 15.9. The average Bonchev–Trinajstić information content (AvgIpc) is 2.27. The van der Waals surface area contributed by atoms with Gasteiger partial charge in [0.1, 0.15) is 0 Å². The van der Waals surface area contributed by atoms with E-state index in [-0.39, 0.29) is 10.9 Å². The van der Waals surface area contributed by atoms with Gasteiger partial charge in [-0.2, -0.15) is 0 Å². The van der Waals surface area contributed by atoms with Crippen LogP contribution in [-0.4, -0.2) is 21.0 Å². The number of benzene rings is 1. The van der Waals surface area contributed by atoms with Crippen LogP contribution in [0.3, 0.4) is 0 Å². The molecule has 0 bridgehead atoms. The fourth-order valence-electron chi connectivity index (χ4n) is 1.66. The van der Waals surface area contributed by atoms with Crippen LogP contribution in [0.2, 0.25) is 0 Å². The molecule has 0 aromatic heterocycles. The molecule has 0 saturated heterocycles. The van der Waals surface area contributed by atoms with Gasteiger partial charge in [-0.25, -0.2) is 13.1 Å². The highest BCUT2D eigenvalue weighted by Crippen LogP contribution is 2.13. The fraction of sp³-hybridized carbons (Fsp3) is 0.500. The van der Waals surface area contributed by atoms with Crippen molar-refractivity contribution in [1.29, 1.82) is 0 Å². The maximum Gasteiger partial charge on any atom is 0.240 e. The van der Waals surface area contributed by atoms with Crippen molar-refractivity contribution in [2.45, 2.75) is 31.2 Å². The third kappa shape index (κ3) is 4.83. The molecule has 3 N–H and O–H groups in total. The van der Waals surface area contributed by atoms with Gasteiger partial charge in [0.2, 0.25) is 10.0 Å². The van der Waals surface area contributed by atoms with Gasteiger partial charge < -0.3 is 5.73 Å². The molecule has 0 aliphatic heterocycles. The lowest BCUT2D eigenvalue weighted by Gasteiger charge is -2.18. The van der Waals surface area contributed by atoms with Gasteiger partial charge in [-0.15, -0.1) is 0 Å².